The Morgan fingerprint density at radius 2 is 1.95 bits per heavy atom. The number of hydrogen-bond acceptors (Lipinski definition) is 4. The van der Waals surface area contributed by atoms with Gasteiger partial charge in [0.15, 0.2) is 0 Å². The van der Waals surface area contributed by atoms with Gasteiger partial charge in [-0.15, -0.1) is 0 Å². The Labute approximate surface area is 121 Å². The van der Waals surface area contributed by atoms with Crippen LogP contribution < -0.4 is 0 Å². The molecule has 0 fully saturated rings. The number of hydrogen-bond donors (Lipinski definition) is 0. The first-order valence-electron chi connectivity index (χ1n) is 6.87. The van der Waals surface area contributed by atoms with Gasteiger partial charge >= 0.3 is 5.97 Å². The van der Waals surface area contributed by atoms with Crippen molar-refractivity contribution in [1.29, 1.82) is 0 Å². The minimum atomic E-state index is -0.522. The van der Waals surface area contributed by atoms with Gasteiger partial charge in [0.05, 0.1) is 18.8 Å². The number of carbonyl (C=O) groups is 1. The molecule has 0 saturated carbocycles. The van der Waals surface area contributed by atoms with Crippen molar-refractivity contribution in [2.45, 2.75) is 32.8 Å². The van der Waals surface area contributed by atoms with Gasteiger partial charge in [0, 0.05) is 14.2 Å². The fraction of sp³-hybridized carbons (Fsp3) is 0.562. The van der Waals surface area contributed by atoms with E-state index < -0.39 is 5.60 Å². The maximum Gasteiger partial charge on any atom is 0.338 e. The van der Waals surface area contributed by atoms with Crippen molar-refractivity contribution in [3.05, 3.63) is 34.9 Å². The van der Waals surface area contributed by atoms with Gasteiger partial charge in [-0.1, -0.05) is 19.1 Å². The van der Waals surface area contributed by atoms with Gasteiger partial charge in [-0.25, -0.2) is 4.79 Å². The van der Waals surface area contributed by atoms with E-state index in [9.17, 15) is 4.79 Å². The van der Waals surface area contributed by atoms with Crippen LogP contribution in [-0.2, 0) is 26.2 Å². The highest BCUT2D eigenvalue weighted by Gasteiger charge is 2.27. The second-order valence-electron chi connectivity index (χ2n) is 4.81. The second kappa shape index (κ2) is 7.41. The van der Waals surface area contributed by atoms with Crippen molar-refractivity contribution in [2.75, 3.05) is 27.4 Å². The van der Waals surface area contributed by atoms with Crippen LogP contribution in [0.4, 0.5) is 0 Å². The maximum absolute atomic E-state index is 11.9. The quantitative estimate of drug-likeness (QED) is 0.720. The van der Waals surface area contributed by atoms with E-state index in [1.54, 1.807) is 27.2 Å². The fourth-order valence-corrected chi connectivity index (χ4v) is 2.16. The Morgan fingerprint density at radius 3 is 2.45 bits per heavy atom. The standard InChI is InChI=1S/C16H24O4/c1-6-12-10-13(16(3,19-5)11-18-4)8-9-14(12)15(17)20-7-2/h8-10H,6-7,11H2,1-5H3. The SMILES string of the molecule is CCOC(=O)c1ccc(C(C)(COC)OC)cc1CC. The van der Waals surface area contributed by atoms with E-state index in [0.717, 1.165) is 17.5 Å². The monoisotopic (exact) mass is 280 g/mol. The third-order valence-electron chi connectivity index (χ3n) is 3.46. The Balaban J connectivity index is 3.17. The van der Waals surface area contributed by atoms with E-state index in [0.29, 0.717) is 18.8 Å². The highest BCUT2D eigenvalue weighted by Crippen LogP contribution is 2.27. The van der Waals surface area contributed by atoms with Crippen LogP contribution in [-0.4, -0.2) is 33.4 Å². The highest BCUT2D eigenvalue weighted by molar-refractivity contribution is 5.91. The van der Waals surface area contributed by atoms with Crippen LogP contribution in [0.3, 0.4) is 0 Å². The zero-order chi connectivity index (χ0) is 15.2. The van der Waals surface area contributed by atoms with E-state index in [1.165, 1.54) is 0 Å². The Kier molecular flexibility index (Phi) is 6.17. The van der Waals surface area contributed by atoms with E-state index >= 15 is 0 Å². The van der Waals surface area contributed by atoms with Gasteiger partial charge in [-0.05, 0) is 37.5 Å². The lowest BCUT2D eigenvalue weighted by molar-refractivity contribution is -0.0556. The molecule has 1 aromatic carbocycles. The summed E-state index contributed by atoms with van der Waals surface area (Å²) in [4.78, 5) is 11.9. The predicted octanol–water partition coefficient (Wildman–Crippen LogP) is 2.93. The molecule has 1 unspecified atom stereocenters. The molecule has 1 atom stereocenters. The van der Waals surface area contributed by atoms with Crippen LogP contribution in [0.2, 0.25) is 0 Å². The molecule has 0 aliphatic carbocycles. The fourth-order valence-electron chi connectivity index (χ4n) is 2.16. The summed E-state index contributed by atoms with van der Waals surface area (Å²) in [5, 5.41) is 0. The molecule has 0 aliphatic rings. The molecular weight excluding hydrogens is 256 g/mol. The smallest absolute Gasteiger partial charge is 0.338 e. The van der Waals surface area contributed by atoms with Crippen LogP contribution >= 0.6 is 0 Å². The van der Waals surface area contributed by atoms with Gasteiger partial charge in [-0.2, -0.15) is 0 Å². The van der Waals surface area contributed by atoms with E-state index in [-0.39, 0.29) is 5.97 Å². The number of aryl methyl sites for hydroxylation is 1. The molecule has 112 valence electrons. The van der Waals surface area contributed by atoms with E-state index in [4.69, 9.17) is 14.2 Å². The molecule has 0 spiro atoms. The minimum Gasteiger partial charge on any atom is -0.462 e. The Morgan fingerprint density at radius 1 is 1.25 bits per heavy atom. The number of ether oxygens (including phenoxy) is 3. The maximum atomic E-state index is 11.9. The highest BCUT2D eigenvalue weighted by atomic mass is 16.5. The lowest BCUT2D eigenvalue weighted by Gasteiger charge is -2.28. The molecule has 0 amide bonds. The zero-order valence-corrected chi connectivity index (χ0v) is 13.0. The van der Waals surface area contributed by atoms with Crippen molar-refractivity contribution in [2.24, 2.45) is 0 Å². The summed E-state index contributed by atoms with van der Waals surface area (Å²) in [7, 11) is 3.30. The molecule has 0 heterocycles. The summed E-state index contributed by atoms with van der Waals surface area (Å²) >= 11 is 0. The minimum absolute atomic E-state index is 0.276. The molecule has 20 heavy (non-hydrogen) atoms. The van der Waals surface area contributed by atoms with Gasteiger partial charge in [0.1, 0.15) is 5.60 Å². The summed E-state index contributed by atoms with van der Waals surface area (Å²) in [5.74, 6) is -0.276. The molecule has 0 saturated heterocycles. The first-order chi connectivity index (χ1) is 9.52. The molecule has 0 radical (unpaired) electrons. The third kappa shape index (κ3) is 3.58. The Bertz CT molecular complexity index is 456. The lowest BCUT2D eigenvalue weighted by atomic mass is 9.92. The second-order valence-corrected chi connectivity index (χ2v) is 4.81. The number of methoxy groups -OCH3 is 2. The lowest BCUT2D eigenvalue weighted by Crippen LogP contribution is -2.30. The molecule has 1 aromatic rings. The van der Waals surface area contributed by atoms with Crippen LogP contribution in [0.15, 0.2) is 18.2 Å². The largest absolute Gasteiger partial charge is 0.462 e. The van der Waals surface area contributed by atoms with Crippen molar-refractivity contribution in [3.8, 4) is 0 Å². The van der Waals surface area contributed by atoms with Crippen molar-refractivity contribution in [3.63, 3.8) is 0 Å². The number of carbonyl (C=O) groups excluding carboxylic acids is 1. The third-order valence-corrected chi connectivity index (χ3v) is 3.46. The van der Waals surface area contributed by atoms with Gasteiger partial charge < -0.3 is 14.2 Å². The molecule has 0 bridgehead atoms. The van der Waals surface area contributed by atoms with Crippen LogP contribution in [0, 0.1) is 0 Å². The molecule has 4 heteroatoms. The summed E-state index contributed by atoms with van der Waals surface area (Å²) < 4.78 is 15.9. The topological polar surface area (TPSA) is 44.8 Å². The van der Waals surface area contributed by atoms with Crippen molar-refractivity contribution >= 4 is 5.97 Å². The summed E-state index contributed by atoms with van der Waals surface area (Å²) in [5.41, 5.74) is 2.05. The number of esters is 1. The number of rotatable bonds is 7. The first-order valence-corrected chi connectivity index (χ1v) is 6.87. The summed E-state index contributed by atoms with van der Waals surface area (Å²) in [6, 6.07) is 5.70. The van der Waals surface area contributed by atoms with E-state index in [2.05, 4.69) is 0 Å². The molecule has 0 N–H and O–H groups in total. The van der Waals surface area contributed by atoms with Crippen LogP contribution in [0.25, 0.3) is 0 Å². The molecule has 0 aliphatic heterocycles. The van der Waals surface area contributed by atoms with Gasteiger partial charge in [-0.3, -0.25) is 0 Å². The predicted molar refractivity (Wildman–Crippen MR) is 78.0 cm³/mol. The van der Waals surface area contributed by atoms with E-state index in [1.807, 2.05) is 26.0 Å². The molecular formula is C16H24O4. The van der Waals surface area contributed by atoms with Crippen LogP contribution in [0.5, 0.6) is 0 Å². The van der Waals surface area contributed by atoms with Crippen LogP contribution in [0.1, 0.15) is 42.3 Å². The number of benzene rings is 1. The van der Waals surface area contributed by atoms with Crippen molar-refractivity contribution < 1.29 is 19.0 Å². The Hall–Kier alpha value is -1.39. The van der Waals surface area contributed by atoms with Gasteiger partial charge in [0.2, 0.25) is 0 Å². The van der Waals surface area contributed by atoms with Gasteiger partial charge in [0.25, 0.3) is 0 Å². The van der Waals surface area contributed by atoms with Crippen molar-refractivity contribution in [1.82, 2.24) is 0 Å². The average Bonchev–Trinajstić information content (AvgIpc) is 2.46. The summed E-state index contributed by atoms with van der Waals surface area (Å²) in [6.07, 6.45) is 0.759. The average molecular weight is 280 g/mol. The molecule has 1 rings (SSSR count). The molecule has 4 nitrogen and oxygen atoms in total. The first kappa shape index (κ1) is 16.7. The zero-order valence-electron chi connectivity index (χ0n) is 13.0. The summed E-state index contributed by atoms with van der Waals surface area (Å²) in [6.45, 7) is 6.62. The molecule has 0 aromatic heterocycles. The normalized spacial score (nSPS) is 13.8.